The van der Waals surface area contributed by atoms with Gasteiger partial charge in [0.2, 0.25) is 0 Å². The molecule has 0 aromatic heterocycles. The number of hydrogen-bond acceptors (Lipinski definition) is 1. The molecule has 2 atom stereocenters. The van der Waals surface area contributed by atoms with Crippen molar-refractivity contribution >= 4 is 21.9 Å². The number of carboxylic acid groups (broad SMARTS) is 1. The van der Waals surface area contributed by atoms with Crippen LogP contribution < -0.4 is 0 Å². The standard InChI is InChI=1S/C7H9BrO2/c8-6-3-1-5(2-4-6)7(9)10/h1,3,5-6H,2,4H2,(H,9,10)/t5-,6+/m1/s1. The highest BCUT2D eigenvalue weighted by molar-refractivity contribution is 9.09. The summed E-state index contributed by atoms with van der Waals surface area (Å²) >= 11 is 3.39. The van der Waals surface area contributed by atoms with Crippen molar-refractivity contribution < 1.29 is 9.90 Å². The Hall–Kier alpha value is -0.310. The Balaban J connectivity index is 2.53. The van der Waals surface area contributed by atoms with Crippen LogP contribution in [0.3, 0.4) is 0 Å². The number of aliphatic carboxylic acids is 1. The summed E-state index contributed by atoms with van der Waals surface area (Å²) in [6.45, 7) is 0. The summed E-state index contributed by atoms with van der Waals surface area (Å²) in [5.41, 5.74) is 0. The molecule has 0 fully saturated rings. The number of alkyl halides is 1. The van der Waals surface area contributed by atoms with E-state index in [2.05, 4.69) is 15.9 Å². The lowest BCUT2D eigenvalue weighted by atomic mass is 9.96. The minimum Gasteiger partial charge on any atom is -0.481 e. The van der Waals surface area contributed by atoms with Gasteiger partial charge >= 0.3 is 5.97 Å². The average molecular weight is 205 g/mol. The van der Waals surface area contributed by atoms with E-state index in [1.165, 1.54) is 0 Å². The highest BCUT2D eigenvalue weighted by Crippen LogP contribution is 2.22. The molecule has 3 heteroatoms. The Labute approximate surface area is 68.1 Å². The zero-order valence-corrected chi connectivity index (χ0v) is 7.04. The van der Waals surface area contributed by atoms with Crippen LogP contribution in [-0.2, 0) is 4.79 Å². The Morgan fingerprint density at radius 3 is 2.60 bits per heavy atom. The second kappa shape index (κ2) is 3.19. The van der Waals surface area contributed by atoms with Crippen molar-refractivity contribution in [2.75, 3.05) is 0 Å². The van der Waals surface area contributed by atoms with Crippen molar-refractivity contribution in [2.24, 2.45) is 5.92 Å². The van der Waals surface area contributed by atoms with Crippen LogP contribution in [0.25, 0.3) is 0 Å². The van der Waals surface area contributed by atoms with Crippen LogP contribution in [0.4, 0.5) is 0 Å². The smallest absolute Gasteiger partial charge is 0.310 e. The van der Waals surface area contributed by atoms with E-state index >= 15 is 0 Å². The van der Waals surface area contributed by atoms with E-state index in [0.717, 1.165) is 12.8 Å². The van der Waals surface area contributed by atoms with Crippen molar-refractivity contribution in [1.82, 2.24) is 0 Å². The van der Waals surface area contributed by atoms with Gasteiger partial charge in [-0.15, -0.1) is 0 Å². The molecule has 0 unspecified atom stereocenters. The maximum absolute atomic E-state index is 10.4. The summed E-state index contributed by atoms with van der Waals surface area (Å²) in [4.78, 5) is 10.8. The van der Waals surface area contributed by atoms with E-state index < -0.39 is 5.97 Å². The van der Waals surface area contributed by atoms with Crippen LogP contribution >= 0.6 is 15.9 Å². The van der Waals surface area contributed by atoms with Crippen LogP contribution in [0, 0.1) is 5.92 Å². The molecule has 0 spiro atoms. The van der Waals surface area contributed by atoms with Crippen LogP contribution in [0.5, 0.6) is 0 Å². The van der Waals surface area contributed by atoms with Crippen molar-refractivity contribution in [2.45, 2.75) is 17.7 Å². The fourth-order valence-corrected chi connectivity index (χ4v) is 1.43. The number of carbonyl (C=O) groups is 1. The SMILES string of the molecule is O=C(O)[C@@H]1C=C[C@H](Br)CC1. The molecular formula is C7H9BrO2. The minimum absolute atomic E-state index is 0.256. The molecule has 56 valence electrons. The maximum Gasteiger partial charge on any atom is 0.310 e. The largest absolute Gasteiger partial charge is 0.481 e. The fourth-order valence-electron chi connectivity index (χ4n) is 0.992. The van der Waals surface area contributed by atoms with Gasteiger partial charge in [0.15, 0.2) is 0 Å². The number of carboxylic acids is 1. The van der Waals surface area contributed by atoms with E-state index in [4.69, 9.17) is 5.11 Å². The van der Waals surface area contributed by atoms with Gasteiger partial charge in [-0.05, 0) is 12.8 Å². The normalized spacial score (nSPS) is 32.1. The molecule has 0 bridgehead atoms. The predicted octanol–water partition coefficient (Wildman–Crippen LogP) is 1.80. The first-order valence-electron chi connectivity index (χ1n) is 3.25. The first-order valence-corrected chi connectivity index (χ1v) is 4.17. The summed E-state index contributed by atoms with van der Waals surface area (Å²) < 4.78 is 0. The van der Waals surface area contributed by atoms with Gasteiger partial charge < -0.3 is 5.11 Å². The highest BCUT2D eigenvalue weighted by atomic mass is 79.9. The van der Waals surface area contributed by atoms with Gasteiger partial charge in [0.25, 0.3) is 0 Å². The third-order valence-corrected chi connectivity index (χ3v) is 2.39. The van der Waals surface area contributed by atoms with Crippen LogP contribution in [0.1, 0.15) is 12.8 Å². The molecule has 0 aliphatic heterocycles. The summed E-state index contributed by atoms with van der Waals surface area (Å²) in [6.07, 6.45) is 5.34. The van der Waals surface area contributed by atoms with E-state index in [0.29, 0.717) is 4.83 Å². The summed E-state index contributed by atoms with van der Waals surface area (Å²) in [6, 6.07) is 0. The van der Waals surface area contributed by atoms with E-state index in [1.807, 2.05) is 6.08 Å². The zero-order chi connectivity index (χ0) is 7.56. The summed E-state index contributed by atoms with van der Waals surface area (Å²) in [7, 11) is 0. The Morgan fingerprint density at radius 1 is 1.50 bits per heavy atom. The molecule has 0 saturated carbocycles. The van der Waals surface area contributed by atoms with E-state index in [9.17, 15) is 4.79 Å². The fraction of sp³-hybridized carbons (Fsp3) is 0.571. The molecular weight excluding hydrogens is 196 g/mol. The third kappa shape index (κ3) is 1.84. The molecule has 0 heterocycles. The Morgan fingerprint density at radius 2 is 2.20 bits per heavy atom. The molecule has 2 nitrogen and oxygen atoms in total. The lowest BCUT2D eigenvalue weighted by molar-refractivity contribution is -0.140. The van der Waals surface area contributed by atoms with Gasteiger partial charge in [-0.3, -0.25) is 4.79 Å². The zero-order valence-electron chi connectivity index (χ0n) is 5.46. The van der Waals surface area contributed by atoms with Gasteiger partial charge in [-0.2, -0.15) is 0 Å². The van der Waals surface area contributed by atoms with Crippen LogP contribution in [-0.4, -0.2) is 15.9 Å². The molecule has 0 radical (unpaired) electrons. The van der Waals surface area contributed by atoms with E-state index in [-0.39, 0.29) is 5.92 Å². The van der Waals surface area contributed by atoms with Gasteiger partial charge in [0.05, 0.1) is 5.92 Å². The van der Waals surface area contributed by atoms with Crippen molar-refractivity contribution in [3.05, 3.63) is 12.2 Å². The first-order chi connectivity index (χ1) is 4.70. The van der Waals surface area contributed by atoms with Gasteiger partial charge in [-0.1, -0.05) is 28.1 Å². The van der Waals surface area contributed by atoms with Crippen molar-refractivity contribution in [3.8, 4) is 0 Å². The molecule has 1 aliphatic rings. The van der Waals surface area contributed by atoms with Crippen molar-refractivity contribution in [1.29, 1.82) is 0 Å². The number of halogens is 1. The number of hydrogen-bond donors (Lipinski definition) is 1. The quantitative estimate of drug-likeness (QED) is 0.523. The molecule has 0 saturated heterocycles. The van der Waals surface area contributed by atoms with E-state index in [1.54, 1.807) is 6.08 Å². The molecule has 1 rings (SSSR count). The van der Waals surface area contributed by atoms with Crippen LogP contribution in [0.2, 0.25) is 0 Å². The second-order valence-corrected chi connectivity index (χ2v) is 3.60. The monoisotopic (exact) mass is 204 g/mol. The van der Waals surface area contributed by atoms with Crippen molar-refractivity contribution in [3.63, 3.8) is 0 Å². The molecule has 0 aromatic carbocycles. The maximum atomic E-state index is 10.4. The first kappa shape index (κ1) is 7.79. The highest BCUT2D eigenvalue weighted by Gasteiger charge is 2.18. The predicted molar refractivity (Wildman–Crippen MR) is 42.2 cm³/mol. The molecule has 0 amide bonds. The Bertz CT molecular complexity index is 165. The number of rotatable bonds is 1. The molecule has 0 aromatic rings. The van der Waals surface area contributed by atoms with Crippen LogP contribution in [0.15, 0.2) is 12.2 Å². The number of allylic oxidation sites excluding steroid dienone is 1. The molecule has 10 heavy (non-hydrogen) atoms. The van der Waals surface area contributed by atoms with Gasteiger partial charge in [0.1, 0.15) is 0 Å². The van der Waals surface area contributed by atoms with Gasteiger partial charge in [0, 0.05) is 4.83 Å². The lowest BCUT2D eigenvalue weighted by Crippen LogP contribution is -2.16. The topological polar surface area (TPSA) is 37.3 Å². The lowest BCUT2D eigenvalue weighted by Gasteiger charge is -2.14. The summed E-state index contributed by atoms with van der Waals surface area (Å²) in [5, 5.41) is 8.56. The third-order valence-electron chi connectivity index (χ3n) is 1.62. The average Bonchev–Trinajstić information content (AvgIpc) is 1.88. The summed E-state index contributed by atoms with van der Waals surface area (Å²) in [5.74, 6) is -0.968. The van der Waals surface area contributed by atoms with Gasteiger partial charge in [-0.25, -0.2) is 0 Å². The molecule has 1 aliphatic carbocycles. The Kier molecular flexibility index (Phi) is 2.49. The minimum atomic E-state index is -0.712. The molecule has 1 N–H and O–H groups in total. The second-order valence-electron chi connectivity index (χ2n) is 2.42.